The van der Waals surface area contributed by atoms with Crippen molar-refractivity contribution < 1.29 is 33.0 Å². The van der Waals surface area contributed by atoms with Gasteiger partial charge in [0.2, 0.25) is 0 Å². The quantitative estimate of drug-likeness (QED) is 0.0672. The maximum Gasteiger partial charge on any atom is 2.00 e. The van der Waals surface area contributed by atoms with Crippen molar-refractivity contribution in [2.24, 2.45) is 0 Å². The Morgan fingerprint density at radius 2 is 0.300 bits per heavy atom. The van der Waals surface area contributed by atoms with Crippen LogP contribution in [-0.4, -0.2) is 88.9 Å². The number of rotatable bonds is 16. The first-order valence-corrected chi connectivity index (χ1v) is 32.5. The van der Waals surface area contributed by atoms with E-state index in [2.05, 4.69) is 40.8 Å². The zero-order valence-corrected chi connectivity index (χ0v) is 57.8. The molecular formula is C74H60Cl4N20Ni2. The minimum absolute atomic E-state index is 0. The molecule has 0 fully saturated rings. The number of benzene rings is 8. The van der Waals surface area contributed by atoms with E-state index in [4.69, 9.17) is 67.7 Å². The van der Waals surface area contributed by atoms with Crippen molar-refractivity contribution in [1.29, 1.82) is 0 Å². The summed E-state index contributed by atoms with van der Waals surface area (Å²) in [5, 5.41) is 54.1. The Morgan fingerprint density at radius 3 is 0.400 bits per heavy atom. The van der Waals surface area contributed by atoms with E-state index in [1.54, 1.807) is 49.6 Å². The molecule has 26 heteroatoms. The molecule has 8 heterocycles. The van der Waals surface area contributed by atoms with E-state index >= 15 is 0 Å². The van der Waals surface area contributed by atoms with Gasteiger partial charge in [0.05, 0.1) is 10.7 Å². The fourth-order valence-electron chi connectivity index (χ4n) is 9.83. The predicted molar refractivity (Wildman–Crippen MR) is 392 cm³/mol. The predicted octanol–water partition coefficient (Wildman–Crippen LogP) is 20.4. The van der Waals surface area contributed by atoms with Crippen molar-refractivity contribution >= 4 is 91.9 Å². The second kappa shape index (κ2) is 38.7. The number of nitrogens with zero attached hydrogens (tertiary/aromatic N) is 20. The molecule has 0 spiro atoms. The van der Waals surface area contributed by atoms with Gasteiger partial charge in [-0.15, -0.1) is 91.9 Å². The number of hydrogen-bond donors (Lipinski definition) is 0. The smallest absolute Gasteiger partial charge is 0.654 e. The summed E-state index contributed by atoms with van der Waals surface area (Å²) in [5.74, 6) is 0. The zero-order chi connectivity index (χ0) is 67.4. The Morgan fingerprint density at radius 1 is 0.190 bits per heavy atom. The SMILES string of the molecule is ClCCl.ClCCl.[Ni+2].[Ni+2].c1ccc(-n2cccn2)c([N-]c2ccccc2-n2cccn2)c1.c1ccc(-n2cccn2)c([N-]c2ccccc2-n2cccn2)c1.c1ccc(-n2cccn2)c([N-]c2ccccc2-n2cccn2)c1.c1ccc(-n2cccn2)c([N-]c2ccccc2-n2cccn2)c1. The van der Waals surface area contributed by atoms with Crippen LogP contribution in [-0.2, 0) is 33.0 Å². The van der Waals surface area contributed by atoms with Crippen LogP contribution < -0.4 is 0 Å². The average molecular weight is 1490 g/mol. The monoisotopic (exact) mass is 1480 g/mol. The second-order valence-electron chi connectivity index (χ2n) is 20.2. The topological polar surface area (TPSA) is 199 Å². The van der Waals surface area contributed by atoms with Gasteiger partial charge in [-0.2, -0.15) is 40.8 Å². The van der Waals surface area contributed by atoms with Crippen molar-refractivity contribution in [2.45, 2.75) is 0 Å². The Kier molecular flexibility index (Phi) is 28.2. The molecule has 16 aromatic rings. The van der Waals surface area contributed by atoms with E-state index in [9.17, 15) is 0 Å². The molecule has 100 heavy (non-hydrogen) atoms. The Balaban J connectivity index is 0.000000150. The Hall–Kier alpha value is -11.2. The summed E-state index contributed by atoms with van der Waals surface area (Å²) in [4.78, 5) is 0. The van der Waals surface area contributed by atoms with E-state index in [0.717, 1.165) is 91.0 Å². The van der Waals surface area contributed by atoms with Gasteiger partial charge in [0.25, 0.3) is 0 Å². The van der Waals surface area contributed by atoms with Crippen LogP contribution in [0.1, 0.15) is 0 Å². The van der Waals surface area contributed by atoms with Gasteiger partial charge in [0.15, 0.2) is 0 Å². The van der Waals surface area contributed by atoms with Crippen LogP contribution in [0, 0.1) is 0 Å². The fourth-order valence-corrected chi connectivity index (χ4v) is 9.83. The number of aromatic nitrogens is 16. The minimum Gasteiger partial charge on any atom is -0.654 e. The Bertz CT molecular complexity index is 3970. The Labute approximate surface area is 617 Å². The first-order chi connectivity index (χ1) is 48.5. The molecule has 0 saturated carbocycles. The fraction of sp³-hybridized carbons (Fsp3) is 0.0270. The van der Waals surface area contributed by atoms with Gasteiger partial charge >= 0.3 is 33.0 Å². The van der Waals surface area contributed by atoms with Crippen LogP contribution in [0.15, 0.2) is 342 Å². The van der Waals surface area contributed by atoms with Crippen LogP contribution in [0.3, 0.4) is 0 Å². The van der Waals surface area contributed by atoms with Crippen LogP contribution >= 0.6 is 46.4 Å². The third kappa shape index (κ3) is 19.5. The molecule has 0 unspecified atom stereocenters. The van der Waals surface area contributed by atoms with Gasteiger partial charge in [0.1, 0.15) is 0 Å². The van der Waals surface area contributed by atoms with Crippen molar-refractivity contribution in [3.63, 3.8) is 0 Å². The molecule has 0 aliphatic heterocycles. The number of hydrogen-bond acceptors (Lipinski definition) is 8. The van der Waals surface area contributed by atoms with E-state index < -0.39 is 0 Å². The van der Waals surface area contributed by atoms with Crippen LogP contribution in [0.4, 0.5) is 45.5 Å². The summed E-state index contributed by atoms with van der Waals surface area (Å²) in [7, 11) is 0. The van der Waals surface area contributed by atoms with E-state index in [-0.39, 0.29) is 43.7 Å². The third-order valence-corrected chi connectivity index (χ3v) is 14.0. The number of alkyl halides is 4. The van der Waals surface area contributed by atoms with Crippen molar-refractivity contribution in [1.82, 2.24) is 78.2 Å². The summed E-state index contributed by atoms with van der Waals surface area (Å²) in [6.07, 6.45) is 29.4. The van der Waals surface area contributed by atoms with Gasteiger partial charge < -0.3 is 21.3 Å². The summed E-state index contributed by atoms with van der Waals surface area (Å²) >= 11 is 19.1. The van der Waals surface area contributed by atoms with Crippen LogP contribution in [0.2, 0.25) is 0 Å². The molecular weight excluding hydrogens is 1430 g/mol. The molecule has 8 aromatic heterocycles. The molecule has 0 saturated heterocycles. The van der Waals surface area contributed by atoms with Crippen LogP contribution in [0.5, 0.6) is 0 Å². The first-order valence-electron chi connectivity index (χ1n) is 30.3. The van der Waals surface area contributed by atoms with Crippen molar-refractivity contribution in [3.05, 3.63) is 363 Å². The maximum absolute atomic E-state index is 4.83. The summed E-state index contributed by atoms with van der Waals surface area (Å²) in [6.45, 7) is 0. The summed E-state index contributed by atoms with van der Waals surface area (Å²) < 4.78 is 14.5. The number of para-hydroxylation sites is 16. The second-order valence-corrected chi connectivity index (χ2v) is 21.8. The molecule has 16 rings (SSSR count). The molecule has 8 aromatic carbocycles. The average Bonchev–Trinajstić information content (AvgIpc) is 1.44. The molecule has 0 amide bonds. The molecule has 0 bridgehead atoms. The largest absolute Gasteiger partial charge is 2.00 e. The summed E-state index contributed by atoms with van der Waals surface area (Å²) in [6, 6.07) is 78.7. The molecule has 20 nitrogen and oxygen atoms in total. The minimum atomic E-state index is 0. The third-order valence-electron chi connectivity index (χ3n) is 14.0. The van der Waals surface area contributed by atoms with E-state index in [1.165, 1.54) is 0 Å². The first kappa shape index (κ1) is 73.0. The molecule has 0 aliphatic rings. The van der Waals surface area contributed by atoms with Gasteiger partial charge in [0, 0.05) is 145 Å². The summed E-state index contributed by atoms with van der Waals surface area (Å²) in [5.41, 5.74) is 14.4. The van der Waals surface area contributed by atoms with E-state index in [0.29, 0.717) is 0 Å². The van der Waals surface area contributed by atoms with Gasteiger partial charge in [-0.25, -0.2) is 37.5 Å². The van der Waals surface area contributed by atoms with Crippen molar-refractivity contribution in [3.8, 4) is 45.5 Å². The zero-order valence-electron chi connectivity index (χ0n) is 52.8. The standard InChI is InChI=1S/4C18H14N5.2CH2Cl2.2Ni/c4*1-3-9-17(22-13-5-11-19-22)15(7-1)21-16-8-2-4-10-18(16)23-14-6-12-20-23;2*2-1-3;;/h4*1-14H;2*1H2;;/q4*-1;;;2*+2. The normalized spacial score (nSPS) is 10.1. The van der Waals surface area contributed by atoms with Gasteiger partial charge in [-0.1, -0.05) is 146 Å². The molecule has 0 radical (unpaired) electrons. The van der Waals surface area contributed by atoms with E-state index in [1.807, 2.05) is 330 Å². The van der Waals surface area contributed by atoms with Gasteiger partial charge in [-0.3, -0.25) is 0 Å². The van der Waals surface area contributed by atoms with Crippen molar-refractivity contribution in [2.75, 3.05) is 10.7 Å². The van der Waals surface area contributed by atoms with Gasteiger partial charge in [-0.05, 0) is 97.1 Å². The maximum atomic E-state index is 4.83. The molecule has 0 aliphatic carbocycles. The molecule has 504 valence electrons. The number of halogens is 4. The van der Waals surface area contributed by atoms with Crippen LogP contribution in [0.25, 0.3) is 66.8 Å². The molecule has 0 N–H and O–H groups in total. The molecule has 0 atom stereocenters.